The molecule has 2 fully saturated rings. The zero-order valence-corrected chi connectivity index (χ0v) is 13.2. The molecule has 2 rings (SSSR count). The maximum Gasteiger partial charge on any atom is 0.314 e. The summed E-state index contributed by atoms with van der Waals surface area (Å²) < 4.78 is 0. The smallest absolute Gasteiger partial charge is 0.314 e. The Morgan fingerprint density at radius 1 is 1.24 bits per heavy atom. The van der Waals surface area contributed by atoms with Crippen molar-refractivity contribution in [3.63, 3.8) is 0 Å². The molecule has 21 heavy (non-hydrogen) atoms. The Labute approximate surface area is 127 Å². The molecule has 5 nitrogen and oxygen atoms in total. The lowest BCUT2D eigenvalue weighted by molar-refractivity contribution is -0.127. The lowest BCUT2D eigenvalue weighted by Crippen LogP contribution is -2.42. The van der Waals surface area contributed by atoms with Crippen molar-refractivity contribution in [3.8, 4) is 0 Å². The van der Waals surface area contributed by atoms with Crippen LogP contribution in [0.1, 0.15) is 58.3 Å². The Morgan fingerprint density at radius 2 is 2.00 bits per heavy atom. The van der Waals surface area contributed by atoms with Gasteiger partial charge in [-0.1, -0.05) is 19.8 Å². The Morgan fingerprint density at radius 3 is 2.62 bits per heavy atom. The summed E-state index contributed by atoms with van der Waals surface area (Å²) in [5, 5.41) is 5.92. The second kappa shape index (κ2) is 7.66. The third-order valence-electron chi connectivity index (χ3n) is 5.10. The standard InChI is InChI=1S/C16H29N3O2/c1-2-16(8-3-4-9-16)13-18-15(21)17-10-6-12-19-11-5-7-14(19)20/h2-13H2,1H3,(H2,17,18,21). The molecule has 0 radical (unpaired) electrons. The molecular weight excluding hydrogens is 266 g/mol. The molecule has 1 heterocycles. The van der Waals surface area contributed by atoms with Crippen LogP contribution in [0.5, 0.6) is 0 Å². The third-order valence-corrected chi connectivity index (χ3v) is 5.10. The van der Waals surface area contributed by atoms with Crippen molar-refractivity contribution in [1.29, 1.82) is 0 Å². The van der Waals surface area contributed by atoms with Crippen LogP contribution in [0, 0.1) is 5.41 Å². The van der Waals surface area contributed by atoms with E-state index < -0.39 is 0 Å². The average molecular weight is 295 g/mol. The van der Waals surface area contributed by atoms with E-state index in [1.54, 1.807) is 0 Å². The summed E-state index contributed by atoms with van der Waals surface area (Å²) in [6.07, 6.45) is 8.70. The SMILES string of the molecule is CCC1(CNC(=O)NCCCN2CCCC2=O)CCCC1. The second-order valence-electron chi connectivity index (χ2n) is 6.51. The van der Waals surface area contributed by atoms with Crippen LogP contribution in [-0.4, -0.2) is 43.0 Å². The van der Waals surface area contributed by atoms with Crippen LogP contribution in [0.3, 0.4) is 0 Å². The normalized spacial score (nSPS) is 20.8. The molecule has 1 aliphatic heterocycles. The minimum Gasteiger partial charge on any atom is -0.343 e. The summed E-state index contributed by atoms with van der Waals surface area (Å²) >= 11 is 0. The molecular formula is C16H29N3O2. The molecule has 2 N–H and O–H groups in total. The highest BCUT2D eigenvalue weighted by molar-refractivity contribution is 5.78. The predicted octanol–water partition coefficient (Wildman–Crippen LogP) is 2.27. The molecule has 1 saturated carbocycles. The Bertz CT molecular complexity index is 365. The molecule has 0 aromatic heterocycles. The predicted molar refractivity (Wildman–Crippen MR) is 83.0 cm³/mol. The van der Waals surface area contributed by atoms with Crippen LogP contribution in [0.2, 0.25) is 0 Å². The van der Waals surface area contributed by atoms with Gasteiger partial charge in [0.05, 0.1) is 0 Å². The van der Waals surface area contributed by atoms with Crippen molar-refractivity contribution in [2.45, 2.75) is 58.3 Å². The first kappa shape index (κ1) is 16.1. The molecule has 120 valence electrons. The zero-order valence-electron chi connectivity index (χ0n) is 13.2. The summed E-state index contributed by atoms with van der Waals surface area (Å²) in [4.78, 5) is 25.2. The van der Waals surface area contributed by atoms with E-state index in [4.69, 9.17) is 0 Å². The van der Waals surface area contributed by atoms with Gasteiger partial charge in [0.2, 0.25) is 5.91 Å². The zero-order chi connectivity index (χ0) is 15.1. The van der Waals surface area contributed by atoms with Crippen LogP contribution >= 0.6 is 0 Å². The van der Waals surface area contributed by atoms with Gasteiger partial charge in [0.25, 0.3) is 0 Å². The van der Waals surface area contributed by atoms with E-state index in [0.717, 1.165) is 38.9 Å². The number of hydrogen-bond donors (Lipinski definition) is 2. The second-order valence-corrected chi connectivity index (χ2v) is 6.51. The fourth-order valence-corrected chi connectivity index (χ4v) is 3.52. The van der Waals surface area contributed by atoms with Gasteiger partial charge >= 0.3 is 6.03 Å². The largest absolute Gasteiger partial charge is 0.343 e. The van der Waals surface area contributed by atoms with Gasteiger partial charge in [-0.05, 0) is 37.5 Å². The van der Waals surface area contributed by atoms with Gasteiger partial charge in [-0.15, -0.1) is 0 Å². The highest BCUT2D eigenvalue weighted by Gasteiger charge is 2.32. The van der Waals surface area contributed by atoms with E-state index in [2.05, 4.69) is 17.6 Å². The minimum absolute atomic E-state index is 0.0672. The van der Waals surface area contributed by atoms with E-state index in [-0.39, 0.29) is 11.9 Å². The minimum atomic E-state index is -0.0672. The van der Waals surface area contributed by atoms with E-state index in [0.29, 0.717) is 18.4 Å². The van der Waals surface area contributed by atoms with Crippen molar-refractivity contribution in [1.82, 2.24) is 15.5 Å². The number of carbonyl (C=O) groups excluding carboxylic acids is 2. The molecule has 5 heteroatoms. The maximum atomic E-state index is 11.8. The van der Waals surface area contributed by atoms with Crippen molar-refractivity contribution < 1.29 is 9.59 Å². The lowest BCUT2D eigenvalue weighted by Gasteiger charge is -2.27. The Hall–Kier alpha value is -1.26. The number of likely N-dealkylation sites (tertiary alicyclic amines) is 1. The molecule has 0 aromatic rings. The Balaban J connectivity index is 1.56. The molecule has 0 atom stereocenters. The summed E-state index contributed by atoms with van der Waals surface area (Å²) in [5.74, 6) is 0.255. The van der Waals surface area contributed by atoms with Crippen LogP contribution < -0.4 is 10.6 Å². The van der Waals surface area contributed by atoms with Gasteiger partial charge in [-0.25, -0.2) is 4.79 Å². The van der Waals surface area contributed by atoms with Gasteiger partial charge < -0.3 is 15.5 Å². The van der Waals surface area contributed by atoms with E-state index in [9.17, 15) is 9.59 Å². The number of amides is 3. The first-order valence-electron chi connectivity index (χ1n) is 8.45. The van der Waals surface area contributed by atoms with Gasteiger partial charge in [-0.2, -0.15) is 0 Å². The van der Waals surface area contributed by atoms with E-state index >= 15 is 0 Å². The number of rotatable bonds is 7. The summed E-state index contributed by atoms with van der Waals surface area (Å²) in [7, 11) is 0. The molecule has 0 spiro atoms. The number of urea groups is 1. The quantitative estimate of drug-likeness (QED) is 0.708. The molecule has 1 aliphatic carbocycles. The third kappa shape index (κ3) is 4.61. The van der Waals surface area contributed by atoms with E-state index in [1.165, 1.54) is 25.7 Å². The number of carbonyl (C=O) groups is 2. The van der Waals surface area contributed by atoms with Gasteiger partial charge in [0, 0.05) is 32.6 Å². The summed E-state index contributed by atoms with van der Waals surface area (Å²) in [6.45, 7) is 5.29. The summed E-state index contributed by atoms with van der Waals surface area (Å²) in [6, 6.07) is -0.0672. The molecule has 3 amide bonds. The molecule has 2 aliphatic rings. The molecule has 0 aromatic carbocycles. The fraction of sp³-hybridized carbons (Fsp3) is 0.875. The monoisotopic (exact) mass is 295 g/mol. The van der Waals surface area contributed by atoms with Gasteiger partial charge in [0.15, 0.2) is 0 Å². The van der Waals surface area contributed by atoms with Crippen molar-refractivity contribution in [2.24, 2.45) is 5.41 Å². The van der Waals surface area contributed by atoms with Crippen molar-refractivity contribution >= 4 is 11.9 Å². The molecule has 0 unspecified atom stereocenters. The Kier molecular flexibility index (Phi) is 5.88. The fourth-order valence-electron chi connectivity index (χ4n) is 3.52. The van der Waals surface area contributed by atoms with Crippen LogP contribution in [0.4, 0.5) is 4.79 Å². The lowest BCUT2D eigenvalue weighted by atomic mass is 9.83. The van der Waals surface area contributed by atoms with Gasteiger partial charge in [0.1, 0.15) is 0 Å². The molecule has 1 saturated heterocycles. The average Bonchev–Trinajstić information content (AvgIpc) is 3.11. The highest BCUT2D eigenvalue weighted by Crippen LogP contribution is 2.40. The van der Waals surface area contributed by atoms with Crippen molar-refractivity contribution in [3.05, 3.63) is 0 Å². The number of hydrogen-bond acceptors (Lipinski definition) is 2. The van der Waals surface area contributed by atoms with Crippen LogP contribution in [-0.2, 0) is 4.79 Å². The maximum absolute atomic E-state index is 11.8. The summed E-state index contributed by atoms with van der Waals surface area (Å²) in [5.41, 5.74) is 0.333. The van der Waals surface area contributed by atoms with Crippen LogP contribution in [0.15, 0.2) is 0 Å². The van der Waals surface area contributed by atoms with Crippen molar-refractivity contribution in [2.75, 3.05) is 26.2 Å². The topological polar surface area (TPSA) is 61.4 Å². The highest BCUT2D eigenvalue weighted by atomic mass is 16.2. The van der Waals surface area contributed by atoms with Gasteiger partial charge in [-0.3, -0.25) is 4.79 Å². The first-order chi connectivity index (χ1) is 10.2. The number of nitrogens with one attached hydrogen (secondary N) is 2. The number of nitrogens with zero attached hydrogens (tertiary/aromatic N) is 1. The molecule has 0 bridgehead atoms. The van der Waals surface area contributed by atoms with E-state index in [1.807, 2.05) is 4.90 Å². The van der Waals surface area contributed by atoms with Crippen LogP contribution in [0.25, 0.3) is 0 Å². The first-order valence-corrected chi connectivity index (χ1v) is 8.45.